The number of amides is 1. The maximum absolute atomic E-state index is 12.3. The van der Waals surface area contributed by atoms with Crippen LogP contribution in [0.25, 0.3) is 0 Å². The number of anilines is 2. The van der Waals surface area contributed by atoms with Crippen molar-refractivity contribution in [1.82, 2.24) is 4.98 Å². The summed E-state index contributed by atoms with van der Waals surface area (Å²) in [4.78, 5) is 20.0. The molecular weight excluding hydrogens is 360 g/mol. The summed E-state index contributed by atoms with van der Waals surface area (Å²) < 4.78 is 0. The molecule has 0 aliphatic carbocycles. The van der Waals surface area contributed by atoms with E-state index in [1.807, 2.05) is 24.4 Å². The monoisotopic (exact) mass is 382 g/mol. The first-order chi connectivity index (χ1) is 12.5. The predicted octanol–water partition coefficient (Wildman–Crippen LogP) is 6.05. The smallest absolute Gasteiger partial charge is 0.230 e. The van der Waals surface area contributed by atoms with Gasteiger partial charge in [-0.15, -0.1) is 23.1 Å². The number of thioether (sulfide) groups is 1. The number of thiazole rings is 1. The first-order valence-electron chi connectivity index (χ1n) is 8.46. The quantitative estimate of drug-likeness (QED) is 0.504. The highest BCUT2D eigenvalue weighted by molar-refractivity contribution is 7.98. The van der Waals surface area contributed by atoms with Gasteiger partial charge in [-0.1, -0.05) is 29.8 Å². The molecule has 0 N–H and O–H groups in total. The zero-order chi connectivity index (χ0) is 18.7. The van der Waals surface area contributed by atoms with Gasteiger partial charge in [0.1, 0.15) is 0 Å². The number of hydrogen-bond donors (Lipinski definition) is 0. The zero-order valence-corrected chi connectivity index (χ0v) is 17.1. The standard InChI is InChI=1S/C21H22N2OS2/c1-14-8-10-19(11-9-14)25-12-18-13-26-21(22-18)23(17(4)24)20-7-5-6-15(2)16(20)3/h5-11,13H,12H2,1-4H3. The van der Waals surface area contributed by atoms with Gasteiger partial charge in [-0.3, -0.25) is 9.69 Å². The van der Waals surface area contributed by atoms with Gasteiger partial charge in [-0.2, -0.15) is 0 Å². The van der Waals surface area contributed by atoms with Gasteiger partial charge < -0.3 is 0 Å². The van der Waals surface area contributed by atoms with Crippen molar-refractivity contribution in [3.8, 4) is 0 Å². The van der Waals surface area contributed by atoms with Gasteiger partial charge >= 0.3 is 0 Å². The van der Waals surface area contributed by atoms with Crippen molar-refractivity contribution >= 4 is 39.8 Å². The maximum atomic E-state index is 12.3. The summed E-state index contributed by atoms with van der Waals surface area (Å²) in [5, 5.41) is 2.77. The van der Waals surface area contributed by atoms with Gasteiger partial charge in [0.2, 0.25) is 5.91 Å². The molecule has 5 heteroatoms. The van der Waals surface area contributed by atoms with Crippen molar-refractivity contribution in [2.75, 3.05) is 4.90 Å². The molecule has 0 spiro atoms. The summed E-state index contributed by atoms with van der Waals surface area (Å²) in [5.41, 5.74) is 5.43. The van der Waals surface area contributed by atoms with Crippen LogP contribution in [0.4, 0.5) is 10.8 Å². The summed E-state index contributed by atoms with van der Waals surface area (Å²) in [5.74, 6) is 0.767. The number of hydrogen-bond acceptors (Lipinski definition) is 4. The van der Waals surface area contributed by atoms with Crippen LogP contribution in [-0.2, 0) is 10.5 Å². The number of aryl methyl sites for hydroxylation is 2. The third-order valence-electron chi connectivity index (χ3n) is 4.27. The summed E-state index contributed by atoms with van der Waals surface area (Å²) in [6.45, 7) is 7.78. The van der Waals surface area contributed by atoms with Gasteiger partial charge in [-0.25, -0.2) is 4.98 Å². The molecule has 0 unspecified atom stereocenters. The molecule has 3 nitrogen and oxygen atoms in total. The van der Waals surface area contributed by atoms with Crippen molar-refractivity contribution in [2.45, 2.75) is 38.3 Å². The van der Waals surface area contributed by atoms with E-state index < -0.39 is 0 Å². The van der Waals surface area contributed by atoms with E-state index in [-0.39, 0.29) is 5.91 Å². The molecule has 134 valence electrons. The van der Waals surface area contributed by atoms with E-state index in [2.05, 4.69) is 44.2 Å². The second-order valence-corrected chi connectivity index (χ2v) is 8.18. The molecule has 0 radical (unpaired) electrons. The van der Waals surface area contributed by atoms with Gasteiger partial charge in [0.15, 0.2) is 5.13 Å². The molecule has 1 heterocycles. The lowest BCUT2D eigenvalue weighted by molar-refractivity contribution is -0.115. The lowest BCUT2D eigenvalue weighted by Gasteiger charge is -2.21. The number of aromatic nitrogens is 1. The van der Waals surface area contributed by atoms with Gasteiger partial charge in [0.25, 0.3) is 0 Å². The first-order valence-corrected chi connectivity index (χ1v) is 10.3. The van der Waals surface area contributed by atoms with Crippen molar-refractivity contribution in [2.24, 2.45) is 0 Å². The lowest BCUT2D eigenvalue weighted by atomic mass is 10.1. The largest absolute Gasteiger partial charge is 0.274 e. The molecule has 0 aliphatic heterocycles. The Morgan fingerprint density at radius 1 is 1.12 bits per heavy atom. The summed E-state index contributed by atoms with van der Waals surface area (Å²) in [6, 6.07) is 14.5. The van der Waals surface area contributed by atoms with Crippen LogP contribution in [0.3, 0.4) is 0 Å². The fourth-order valence-corrected chi connectivity index (χ4v) is 4.42. The highest BCUT2D eigenvalue weighted by Crippen LogP contribution is 2.33. The van der Waals surface area contributed by atoms with Crippen LogP contribution in [0.2, 0.25) is 0 Å². The minimum atomic E-state index is -0.0224. The average molecular weight is 383 g/mol. The van der Waals surface area contributed by atoms with Crippen molar-refractivity contribution in [1.29, 1.82) is 0 Å². The molecule has 26 heavy (non-hydrogen) atoms. The molecular formula is C21H22N2OS2. The minimum Gasteiger partial charge on any atom is -0.274 e. The summed E-state index contributed by atoms with van der Waals surface area (Å²) >= 11 is 3.27. The van der Waals surface area contributed by atoms with E-state index in [1.54, 1.807) is 23.6 Å². The van der Waals surface area contributed by atoms with Crippen molar-refractivity contribution in [3.63, 3.8) is 0 Å². The number of nitrogens with zero attached hydrogens (tertiary/aromatic N) is 2. The Morgan fingerprint density at radius 2 is 1.85 bits per heavy atom. The fraction of sp³-hybridized carbons (Fsp3) is 0.238. The molecule has 1 amide bonds. The lowest BCUT2D eigenvalue weighted by Crippen LogP contribution is -2.23. The van der Waals surface area contributed by atoms with E-state index in [1.165, 1.54) is 27.4 Å². The van der Waals surface area contributed by atoms with Crippen LogP contribution in [-0.4, -0.2) is 10.9 Å². The molecule has 0 saturated heterocycles. The Hall–Kier alpha value is -2.11. The van der Waals surface area contributed by atoms with E-state index in [0.717, 1.165) is 27.8 Å². The molecule has 1 aromatic heterocycles. The molecule has 3 rings (SSSR count). The van der Waals surface area contributed by atoms with Crippen LogP contribution in [0.15, 0.2) is 52.7 Å². The zero-order valence-electron chi connectivity index (χ0n) is 15.4. The van der Waals surface area contributed by atoms with Crippen LogP contribution in [0, 0.1) is 20.8 Å². The normalized spacial score (nSPS) is 10.8. The Balaban J connectivity index is 1.80. The first kappa shape index (κ1) is 18.7. The summed E-state index contributed by atoms with van der Waals surface area (Å²) in [7, 11) is 0. The Bertz CT molecular complexity index is 916. The number of rotatable bonds is 5. The van der Waals surface area contributed by atoms with Crippen LogP contribution in [0.1, 0.15) is 29.3 Å². The van der Waals surface area contributed by atoms with E-state index in [4.69, 9.17) is 4.98 Å². The average Bonchev–Trinajstić information content (AvgIpc) is 3.06. The molecule has 0 bridgehead atoms. The highest BCUT2D eigenvalue weighted by atomic mass is 32.2. The molecule has 0 fully saturated rings. The number of carbonyl (C=O) groups excluding carboxylic acids is 1. The van der Waals surface area contributed by atoms with E-state index in [0.29, 0.717) is 0 Å². The van der Waals surface area contributed by atoms with Crippen molar-refractivity contribution in [3.05, 3.63) is 70.2 Å². The van der Waals surface area contributed by atoms with Gasteiger partial charge in [-0.05, 0) is 50.1 Å². The molecule has 0 aliphatic rings. The molecule has 2 aromatic carbocycles. The highest BCUT2D eigenvalue weighted by Gasteiger charge is 2.20. The van der Waals surface area contributed by atoms with Gasteiger partial charge in [0.05, 0.1) is 11.4 Å². The molecule has 3 aromatic rings. The Labute approximate surface area is 163 Å². The number of carbonyl (C=O) groups is 1. The van der Waals surface area contributed by atoms with Gasteiger partial charge in [0, 0.05) is 23.0 Å². The Morgan fingerprint density at radius 3 is 2.54 bits per heavy atom. The van der Waals surface area contributed by atoms with E-state index >= 15 is 0 Å². The fourth-order valence-electron chi connectivity index (χ4n) is 2.64. The van der Waals surface area contributed by atoms with Crippen molar-refractivity contribution < 1.29 is 4.79 Å². The van der Waals surface area contributed by atoms with E-state index in [9.17, 15) is 4.79 Å². The minimum absolute atomic E-state index is 0.0224. The predicted molar refractivity (Wildman–Crippen MR) is 112 cm³/mol. The van der Waals surface area contributed by atoms with Crippen LogP contribution >= 0.6 is 23.1 Å². The van der Waals surface area contributed by atoms with Crippen LogP contribution in [0.5, 0.6) is 0 Å². The maximum Gasteiger partial charge on any atom is 0.230 e. The third kappa shape index (κ3) is 4.17. The molecule has 0 saturated carbocycles. The SMILES string of the molecule is CC(=O)N(c1nc(CSc2ccc(C)cc2)cs1)c1cccc(C)c1C. The second kappa shape index (κ2) is 8.06. The third-order valence-corrected chi connectivity index (χ3v) is 6.19. The second-order valence-electron chi connectivity index (χ2n) is 6.30. The molecule has 0 atom stereocenters. The topological polar surface area (TPSA) is 33.2 Å². The Kier molecular flexibility index (Phi) is 5.79. The van der Waals surface area contributed by atoms with Crippen LogP contribution < -0.4 is 4.90 Å². The number of benzene rings is 2. The summed E-state index contributed by atoms with van der Waals surface area (Å²) in [6.07, 6.45) is 0.